The summed E-state index contributed by atoms with van der Waals surface area (Å²) in [4.78, 5) is 13.4. The number of hydrogen-bond donors (Lipinski definition) is 3. The summed E-state index contributed by atoms with van der Waals surface area (Å²) in [5.74, 6) is -1.28. The highest BCUT2D eigenvalue weighted by Gasteiger charge is 2.19. The van der Waals surface area contributed by atoms with Crippen LogP contribution in [0.3, 0.4) is 0 Å². The number of benzene rings is 4. The van der Waals surface area contributed by atoms with Crippen LogP contribution in [0.5, 0.6) is 0 Å². The number of aryl methyl sites for hydroxylation is 2. The van der Waals surface area contributed by atoms with Gasteiger partial charge in [-0.1, -0.05) is 47.2 Å². The van der Waals surface area contributed by atoms with Crippen LogP contribution in [0, 0.1) is 13.8 Å². The number of nitrogens with one attached hydrogen (secondary N) is 2. The smallest absolute Gasteiger partial charge is 0.337 e. The molecule has 0 aliphatic carbocycles. The molecule has 196 valence electrons. The third-order valence-electron chi connectivity index (χ3n) is 5.47. The zero-order valence-electron chi connectivity index (χ0n) is 20.4. The van der Waals surface area contributed by atoms with Gasteiger partial charge in [-0.2, -0.15) is 0 Å². The molecule has 0 heterocycles. The molecule has 4 aromatic carbocycles. The topological polar surface area (TPSA) is 130 Å². The summed E-state index contributed by atoms with van der Waals surface area (Å²) < 4.78 is 55.6. The Balaban J connectivity index is 1.50. The number of rotatable bonds is 9. The number of aromatic carboxylic acids is 1. The fourth-order valence-electron chi connectivity index (χ4n) is 3.43. The lowest BCUT2D eigenvalue weighted by Gasteiger charge is -2.13. The lowest BCUT2D eigenvalue weighted by Crippen LogP contribution is -2.15. The highest BCUT2D eigenvalue weighted by molar-refractivity contribution is 7.99. The van der Waals surface area contributed by atoms with Crippen molar-refractivity contribution in [3.63, 3.8) is 0 Å². The molecule has 0 spiro atoms. The van der Waals surface area contributed by atoms with Gasteiger partial charge in [-0.15, -0.1) is 0 Å². The highest BCUT2D eigenvalue weighted by Crippen LogP contribution is 2.32. The lowest BCUT2D eigenvalue weighted by atomic mass is 10.2. The van der Waals surface area contributed by atoms with E-state index in [4.69, 9.17) is 0 Å². The van der Waals surface area contributed by atoms with Crippen LogP contribution in [0.1, 0.15) is 21.5 Å². The van der Waals surface area contributed by atoms with Crippen molar-refractivity contribution in [2.24, 2.45) is 0 Å². The van der Waals surface area contributed by atoms with Gasteiger partial charge in [0.05, 0.1) is 21.0 Å². The minimum atomic E-state index is -3.98. The Kier molecular flexibility index (Phi) is 7.81. The van der Waals surface area contributed by atoms with Gasteiger partial charge in [0.1, 0.15) is 0 Å². The number of carboxylic acids is 1. The minimum absolute atomic E-state index is 0.0241. The third kappa shape index (κ3) is 6.55. The number of sulfonamides is 2. The van der Waals surface area contributed by atoms with E-state index in [9.17, 15) is 26.7 Å². The summed E-state index contributed by atoms with van der Waals surface area (Å²) in [7, 11) is -7.71. The molecule has 0 unspecified atom stereocenters. The molecule has 0 radical (unpaired) electrons. The molecule has 0 fully saturated rings. The molecule has 11 heteroatoms. The Bertz CT molecular complexity index is 1680. The molecule has 0 saturated carbocycles. The van der Waals surface area contributed by atoms with Crippen LogP contribution in [0.15, 0.2) is 111 Å². The number of anilines is 2. The van der Waals surface area contributed by atoms with E-state index in [0.717, 1.165) is 16.0 Å². The molecule has 4 aromatic rings. The minimum Gasteiger partial charge on any atom is -0.478 e. The van der Waals surface area contributed by atoms with Crippen molar-refractivity contribution < 1.29 is 26.7 Å². The van der Waals surface area contributed by atoms with E-state index in [1.54, 1.807) is 54.6 Å². The largest absolute Gasteiger partial charge is 0.478 e. The molecule has 0 atom stereocenters. The van der Waals surface area contributed by atoms with Crippen LogP contribution >= 0.6 is 11.8 Å². The summed E-state index contributed by atoms with van der Waals surface area (Å²) in [6.45, 7) is 3.71. The second-order valence-corrected chi connectivity index (χ2v) is 13.0. The van der Waals surface area contributed by atoms with Gasteiger partial charge in [-0.05, 0) is 80.6 Å². The van der Waals surface area contributed by atoms with Gasteiger partial charge in [-0.3, -0.25) is 9.44 Å². The Morgan fingerprint density at radius 1 is 0.658 bits per heavy atom. The maximum atomic E-state index is 12.7. The van der Waals surface area contributed by atoms with Crippen molar-refractivity contribution in [3.8, 4) is 0 Å². The normalized spacial score (nSPS) is 11.6. The number of carboxylic acid groups (broad SMARTS) is 1. The molecule has 0 saturated heterocycles. The molecule has 0 aliphatic heterocycles. The first-order chi connectivity index (χ1) is 17.9. The molecule has 8 nitrogen and oxygen atoms in total. The van der Waals surface area contributed by atoms with E-state index in [-0.39, 0.29) is 21.0 Å². The fourth-order valence-corrected chi connectivity index (χ4v) is 6.43. The molecule has 0 aromatic heterocycles. The van der Waals surface area contributed by atoms with Crippen molar-refractivity contribution in [1.29, 1.82) is 0 Å². The lowest BCUT2D eigenvalue weighted by molar-refractivity contribution is 0.0697. The SMILES string of the molecule is Cc1ccc(S(=O)(=O)Nc2ccc(Sc3ccc(NS(=O)(=O)c4ccc(C)cc4)c(C(=O)O)c3)cc2)cc1. The van der Waals surface area contributed by atoms with E-state index in [1.165, 1.54) is 48.2 Å². The zero-order valence-corrected chi connectivity index (χ0v) is 22.8. The number of hydrogen-bond acceptors (Lipinski definition) is 6. The van der Waals surface area contributed by atoms with E-state index < -0.39 is 26.0 Å². The van der Waals surface area contributed by atoms with Crippen LogP contribution in [-0.4, -0.2) is 27.9 Å². The predicted octanol–water partition coefficient (Wildman–Crippen LogP) is 5.75. The molecule has 0 bridgehead atoms. The van der Waals surface area contributed by atoms with E-state index >= 15 is 0 Å². The van der Waals surface area contributed by atoms with Gasteiger partial charge in [0.25, 0.3) is 20.0 Å². The van der Waals surface area contributed by atoms with E-state index in [2.05, 4.69) is 9.44 Å². The molecule has 3 N–H and O–H groups in total. The molecule has 0 amide bonds. The summed E-state index contributed by atoms with van der Waals surface area (Å²) in [5.41, 5.74) is 1.97. The third-order valence-corrected chi connectivity index (χ3v) is 9.25. The predicted molar refractivity (Wildman–Crippen MR) is 148 cm³/mol. The van der Waals surface area contributed by atoms with E-state index in [0.29, 0.717) is 10.6 Å². The zero-order chi connectivity index (χ0) is 27.5. The summed E-state index contributed by atoms with van der Waals surface area (Å²) in [5, 5.41) is 9.70. The molecule has 0 aliphatic rings. The molecule has 38 heavy (non-hydrogen) atoms. The molecular weight excluding hydrogens is 545 g/mol. The quantitative estimate of drug-likeness (QED) is 0.234. The van der Waals surface area contributed by atoms with Crippen molar-refractivity contribution in [2.45, 2.75) is 33.4 Å². The van der Waals surface area contributed by atoms with Gasteiger partial charge in [0, 0.05) is 15.5 Å². The first-order valence-corrected chi connectivity index (χ1v) is 15.1. The van der Waals surface area contributed by atoms with Crippen molar-refractivity contribution in [3.05, 3.63) is 108 Å². The monoisotopic (exact) mass is 568 g/mol. The Morgan fingerprint density at radius 3 is 1.63 bits per heavy atom. The fraction of sp³-hybridized carbons (Fsp3) is 0.0741. The average molecular weight is 569 g/mol. The maximum Gasteiger partial charge on any atom is 0.337 e. The highest BCUT2D eigenvalue weighted by atomic mass is 32.2. The van der Waals surface area contributed by atoms with Crippen LogP contribution in [0.25, 0.3) is 0 Å². The van der Waals surface area contributed by atoms with Gasteiger partial charge in [0.15, 0.2) is 0 Å². The van der Waals surface area contributed by atoms with Crippen LogP contribution in [0.4, 0.5) is 11.4 Å². The van der Waals surface area contributed by atoms with Gasteiger partial charge in [0.2, 0.25) is 0 Å². The summed E-state index contributed by atoms with van der Waals surface area (Å²) >= 11 is 1.25. The van der Waals surface area contributed by atoms with Crippen molar-refractivity contribution in [1.82, 2.24) is 0 Å². The first kappa shape index (κ1) is 27.2. The second-order valence-electron chi connectivity index (χ2n) is 8.48. The van der Waals surface area contributed by atoms with Crippen LogP contribution in [-0.2, 0) is 20.0 Å². The van der Waals surface area contributed by atoms with Crippen LogP contribution < -0.4 is 9.44 Å². The van der Waals surface area contributed by atoms with Crippen molar-refractivity contribution >= 4 is 49.2 Å². The summed E-state index contributed by atoms with van der Waals surface area (Å²) in [6, 6.07) is 23.7. The summed E-state index contributed by atoms with van der Waals surface area (Å²) in [6.07, 6.45) is 0. The molecule has 4 rings (SSSR count). The standard InChI is InChI=1S/C27H24N2O6S3/c1-18-3-12-23(13-4-18)37(32,33)28-20-7-9-21(10-8-20)36-22-11-16-26(25(17-22)27(30)31)29-38(34,35)24-14-5-19(2)6-15-24/h3-17,28-29H,1-2H3,(H,30,31). The average Bonchev–Trinajstić information content (AvgIpc) is 2.86. The molecular formula is C27H24N2O6S3. The Labute approximate surface area is 225 Å². The van der Waals surface area contributed by atoms with E-state index in [1.807, 2.05) is 13.8 Å². The maximum absolute atomic E-state index is 12.7. The van der Waals surface area contributed by atoms with Gasteiger partial charge < -0.3 is 5.11 Å². The number of carbonyl (C=O) groups is 1. The Hall–Kier alpha value is -3.80. The van der Waals surface area contributed by atoms with Gasteiger partial charge in [-0.25, -0.2) is 21.6 Å². The van der Waals surface area contributed by atoms with Crippen LogP contribution in [0.2, 0.25) is 0 Å². The first-order valence-electron chi connectivity index (χ1n) is 11.3. The van der Waals surface area contributed by atoms with Crippen molar-refractivity contribution in [2.75, 3.05) is 9.44 Å². The Morgan fingerprint density at radius 2 is 1.13 bits per heavy atom. The van der Waals surface area contributed by atoms with Gasteiger partial charge >= 0.3 is 5.97 Å². The second kappa shape index (κ2) is 10.9.